The number of hydrogen-bond acceptors (Lipinski definition) is 5. The van der Waals surface area contributed by atoms with Crippen LogP contribution in [0.3, 0.4) is 0 Å². The van der Waals surface area contributed by atoms with Gasteiger partial charge in [-0.1, -0.05) is 26.0 Å². The third kappa shape index (κ3) is 3.14. The van der Waals surface area contributed by atoms with Gasteiger partial charge in [-0.15, -0.1) is 0 Å². The molecule has 2 aromatic rings. The lowest BCUT2D eigenvalue weighted by Crippen LogP contribution is -2.09. The molecule has 0 spiro atoms. The highest BCUT2D eigenvalue weighted by Gasteiger charge is 2.16. The summed E-state index contributed by atoms with van der Waals surface area (Å²) in [6.45, 7) is 5.89. The molecule has 0 fully saturated rings. The van der Waals surface area contributed by atoms with Gasteiger partial charge in [0.1, 0.15) is 5.75 Å². The van der Waals surface area contributed by atoms with Crippen molar-refractivity contribution < 1.29 is 24.9 Å². The van der Waals surface area contributed by atoms with E-state index in [1.165, 1.54) is 0 Å². The van der Waals surface area contributed by atoms with Gasteiger partial charge in [0, 0.05) is 0 Å². The van der Waals surface area contributed by atoms with Crippen molar-refractivity contribution >= 4 is 5.97 Å². The standard InChI is InChI=1S/C17H18O5/c1-9(2)11-5-4-10(3)15(8-11)22-17(21)12-6-13(18)16(20)14(19)7-12/h4-9,18-20H,1-3H3. The van der Waals surface area contributed by atoms with Crippen LogP contribution in [-0.4, -0.2) is 21.3 Å². The predicted octanol–water partition coefficient (Wildman–Crippen LogP) is 3.45. The Morgan fingerprint density at radius 3 is 2.18 bits per heavy atom. The van der Waals surface area contributed by atoms with E-state index in [0.717, 1.165) is 23.3 Å². The number of esters is 1. The molecule has 2 aromatic carbocycles. The van der Waals surface area contributed by atoms with Crippen LogP contribution in [0.2, 0.25) is 0 Å². The molecule has 0 unspecified atom stereocenters. The summed E-state index contributed by atoms with van der Waals surface area (Å²) in [5.41, 5.74) is 1.77. The first-order chi connectivity index (χ1) is 10.3. The van der Waals surface area contributed by atoms with E-state index in [-0.39, 0.29) is 5.56 Å². The normalized spacial score (nSPS) is 10.7. The molecule has 22 heavy (non-hydrogen) atoms. The SMILES string of the molecule is Cc1ccc(C(C)C)cc1OC(=O)c1cc(O)c(O)c(O)c1. The van der Waals surface area contributed by atoms with Crippen molar-refractivity contribution in [2.75, 3.05) is 0 Å². The Balaban J connectivity index is 2.31. The zero-order valence-electron chi connectivity index (χ0n) is 12.6. The third-order valence-corrected chi connectivity index (χ3v) is 3.39. The van der Waals surface area contributed by atoms with Crippen molar-refractivity contribution in [1.82, 2.24) is 0 Å². The Morgan fingerprint density at radius 2 is 1.64 bits per heavy atom. The van der Waals surface area contributed by atoms with Gasteiger partial charge < -0.3 is 20.1 Å². The molecular weight excluding hydrogens is 284 g/mol. The molecule has 0 amide bonds. The van der Waals surface area contributed by atoms with Crippen LogP contribution in [-0.2, 0) is 0 Å². The van der Waals surface area contributed by atoms with Crippen LogP contribution in [0.5, 0.6) is 23.0 Å². The Hall–Kier alpha value is -2.69. The molecular formula is C17H18O5. The molecule has 0 aliphatic carbocycles. The number of hydrogen-bond donors (Lipinski definition) is 3. The maximum atomic E-state index is 12.1. The van der Waals surface area contributed by atoms with Crippen molar-refractivity contribution in [3.05, 3.63) is 47.0 Å². The molecule has 116 valence electrons. The van der Waals surface area contributed by atoms with Crippen LogP contribution in [0, 0.1) is 6.92 Å². The van der Waals surface area contributed by atoms with Crippen LogP contribution in [0.25, 0.3) is 0 Å². The van der Waals surface area contributed by atoms with E-state index in [2.05, 4.69) is 0 Å². The number of rotatable bonds is 3. The molecule has 3 N–H and O–H groups in total. The zero-order valence-corrected chi connectivity index (χ0v) is 12.6. The lowest BCUT2D eigenvalue weighted by molar-refractivity contribution is 0.0732. The van der Waals surface area contributed by atoms with Gasteiger partial charge >= 0.3 is 5.97 Å². The second-order valence-electron chi connectivity index (χ2n) is 5.43. The second kappa shape index (κ2) is 5.97. The van der Waals surface area contributed by atoms with E-state index in [1.807, 2.05) is 32.9 Å². The summed E-state index contributed by atoms with van der Waals surface area (Å²) in [6, 6.07) is 7.70. The molecule has 0 aromatic heterocycles. The number of ether oxygens (including phenoxy) is 1. The average molecular weight is 302 g/mol. The first-order valence-electron chi connectivity index (χ1n) is 6.87. The van der Waals surface area contributed by atoms with Crippen LogP contribution in [0.15, 0.2) is 30.3 Å². The molecule has 0 aliphatic rings. The smallest absolute Gasteiger partial charge is 0.343 e. The Kier molecular flexibility index (Phi) is 4.26. The molecule has 0 atom stereocenters. The number of aromatic hydroxyl groups is 3. The fourth-order valence-corrected chi connectivity index (χ4v) is 1.97. The molecule has 5 nitrogen and oxygen atoms in total. The average Bonchev–Trinajstić information content (AvgIpc) is 2.46. The van der Waals surface area contributed by atoms with Crippen molar-refractivity contribution in [3.8, 4) is 23.0 Å². The number of carbonyl (C=O) groups is 1. The first-order valence-corrected chi connectivity index (χ1v) is 6.87. The van der Waals surface area contributed by atoms with Crippen molar-refractivity contribution in [3.63, 3.8) is 0 Å². The summed E-state index contributed by atoms with van der Waals surface area (Å²) in [5.74, 6) is -1.86. The van der Waals surface area contributed by atoms with Crippen LogP contribution >= 0.6 is 0 Å². The van der Waals surface area contributed by atoms with Gasteiger partial charge in [-0.05, 0) is 42.2 Å². The number of benzene rings is 2. The van der Waals surface area contributed by atoms with Crippen LogP contribution in [0.1, 0.15) is 41.3 Å². The van der Waals surface area contributed by atoms with E-state index >= 15 is 0 Å². The summed E-state index contributed by atoms with van der Waals surface area (Å²) < 4.78 is 5.33. The summed E-state index contributed by atoms with van der Waals surface area (Å²) in [5, 5.41) is 28.2. The highest BCUT2D eigenvalue weighted by molar-refractivity contribution is 5.92. The lowest BCUT2D eigenvalue weighted by atomic mass is 10.0. The maximum absolute atomic E-state index is 12.1. The van der Waals surface area contributed by atoms with Gasteiger partial charge in [-0.25, -0.2) is 4.79 Å². The Bertz CT molecular complexity index is 696. The largest absolute Gasteiger partial charge is 0.504 e. The van der Waals surface area contributed by atoms with Gasteiger partial charge in [0.05, 0.1) is 5.56 Å². The number of phenols is 3. The maximum Gasteiger partial charge on any atom is 0.343 e. The Labute approximate surface area is 128 Å². The summed E-state index contributed by atoms with van der Waals surface area (Å²) >= 11 is 0. The topological polar surface area (TPSA) is 87.0 Å². The minimum Gasteiger partial charge on any atom is -0.504 e. The molecule has 0 heterocycles. The van der Waals surface area contributed by atoms with E-state index < -0.39 is 23.2 Å². The Morgan fingerprint density at radius 1 is 1.05 bits per heavy atom. The highest BCUT2D eigenvalue weighted by atomic mass is 16.5. The predicted molar refractivity (Wildman–Crippen MR) is 81.7 cm³/mol. The van der Waals surface area contributed by atoms with Crippen molar-refractivity contribution in [1.29, 1.82) is 0 Å². The number of aryl methyl sites for hydroxylation is 1. The van der Waals surface area contributed by atoms with Crippen molar-refractivity contribution in [2.45, 2.75) is 26.7 Å². The van der Waals surface area contributed by atoms with Gasteiger partial charge in [0.2, 0.25) is 0 Å². The lowest BCUT2D eigenvalue weighted by Gasteiger charge is -2.12. The fourth-order valence-electron chi connectivity index (χ4n) is 1.97. The van der Waals surface area contributed by atoms with Crippen LogP contribution < -0.4 is 4.74 Å². The van der Waals surface area contributed by atoms with Crippen LogP contribution in [0.4, 0.5) is 0 Å². The molecule has 0 radical (unpaired) electrons. The first kappa shape index (κ1) is 15.7. The van der Waals surface area contributed by atoms with E-state index in [1.54, 1.807) is 6.07 Å². The summed E-state index contributed by atoms with van der Waals surface area (Å²) in [6.07, 6.45) is 0. The molecule has 2 rings (SSSR count). The fraction of sp³-hybridized carbons (Fsp3) is 0.235. The molecule has 0 bridgehead atoms. The molecule has 0 saturated carbocycles. The summed E-state index contributed by atoms with van der Waals surface area (Å²) in [4.78, 5) is 12.1. The van der Waals surface area contributed by atoms with Gasteiger partial charge in [-0.2, -0.15) is 0 Å². The number of phenolic OH excluding ortho intramolecular Hbond substituents is 3. The third-order valence-electron chi connectivity index (χ3n) is 3.39. The van der Waals surface area contributed by atoms with Gasteiger partial charge in [0.25, 0.3) is 0 Å². The zero-order chi connectivity index (χ0) is 16.4. The second-order valence-corrected chi connectivity index (χ2v) is 5.43. The minimum atomic E-state index is -0.727. The minimum absolute atomic E-state index is 0.0536. The number of carbonyl (C=O) groups excluding carboxylic acids is 1. The van der Waals surface area contributed by atoms with Gasteiger partial charge in [-0.3, -0.25) is 0 Å². The van der Waals surface area contributed by atoms with Gasteiger partial charge in [0.15, 0.2) is 17.2 Å². The summed E-state index contributed by atoms with van der Waals surface area (Å²) in [7, 11) is 0. The van der Waals surface area contributed by atoms with Crippen molar-refractivity contribution in [2.24, 2.45) is 0 Å². The van der Waals surface area contributed by atoms with E-state index in [9.17, 15) is 20.1 Å². The van der Waals surface area contributed by atoms with E-state index in [0.29, 0.717) is 11.7 Å². The monoisotopic (exact) mass is 302 g/mol. The molecule has 0 aliphatic heterocycles. The molecule has 5 heteroatoms. The molecule has 0 saturated heterocycles. The highest BCUT2D eigenvalue weighted by Crippen LogP contribution is 2.35. The quantitative estimate of drug-likeness (QED) is 0.459. The van der Waals surface area contributed by atoms with E-state index in [4.69, 9.17) is 4.74 Å².